The van der Waals surface area contributed by atoms with Gasteiger partial charge in [-0.25, -0.2) is 4.98 Å². The van der Waals surface area contributed by atoms with Crippen molar-refractivity contribution in [3.8, 4) is 11.5 Å². The van der Waals surface area contributed by atoms with Crippen LogP contribution in [-0.4, -0.2) is 17.7 Å². The van der Waals surface area contributed by atoms with Crippen LogP contribution in [-0.2, 0) is 4.79 Å². The van der Waals surface area contributed by atoms with Gasteiger partial charge in [0.1, 0.15) is 0 Å². The number of anilines is 1. The molecule has 1 aromatic carbocycles. The second-order valence-corrected chi connectivity index (χ2v) is 7.88. The van der Waals surface area contributed by atoms with Crippen molar-refractivity contribution in [3.05, 3.63) is 12.1 Å². The van der Waals surface area contributed by atoms with Gasteiger partial charge in [0.15, 0.2) is 16.6 Å². The van der Waals surface area contributed by atoms with Crippen molar-refractivity contribution in [2.45, 2.75) is 39.5 Å². The molecule has 1 saturated carbocycles. The van der Waals surface area contributed by atoms with E-state index in [0.29, 0.717) is 16.8 Å². The van der Waals surface area contributed by atoms with Crippen LogP contribution in [0.5, 0.6) is 11.5 Å². The molecule has 4 rings (SSSR count). The predicted molar refractivity (Wildman–Crippen MR) is 90.1 cm³/mol. The third-order valence-corrected chi connectivity index (χ3v) is 6.00. The van der Waals surface area contributed by atoms with Gasteiger partial charge in [-0.3, -0.25) is 4.79 Å². The van der Waals surface area contributed by atoms with E-state index in [-0.39, 0.29) is 18.1 Å². The second-order valence-electron chi connectivity index (χ2n) is 6.85. The molecular formula is C17H20N2O3S. The van der Waals surface area contributed by atoms with E-state index >= 15 is 0 Å². The Labute approximate surface area is 139 Å². The Hall–Kier alpha value is -1.82. The Kier molecular flexibility index (Phi) is 3.44. The number of amides is 1. The van der Waals surface area contributed by atoms with E-state index in [9.17, 15) is 4.79 Å². The van der Waals surface area contributed by atoms with Gasteiger partial charge in [0.05, 0.1) is 10.2 Å². The summed E-state index contributed by atoms with van der Waals surface area (Å²) in [5.41, 5.74) is 0.468. The summed E-state index contributed by atoms with van der Waals surface area (Å²) < 4.78 is 11.8. The van der Waals surface area contributed by atoms with Gasteiger partial charge in [0, 0.05) is 17.5 Å². The quantitative estimate of drug-likeness (QED) is 0.916. The average Bonchev–Trinajstić information content (AvgIpc) is 3.24. The van der Waals surface area contributed by atoms with Crippen LogP contribution in [0.15, 0.2) is 12.1 Å². The SMILES string of the molecule is CC(C)(C(=O)Nc1nc2cc3c(cc2s1)OCO3)C1CCCC1. The summed E-state index contributed by atoms with van der Waals surface area (Å²) in [6.07, 6.45) is 4.74. The van der Waals surface area contributed by atoms with Gasteiger partial charge in [-0.1, -0.05) is 38.0 Å². The number of hydrogen-bond acceptors (Lipinski definition) is 5. The number of rotatable bonds is 3. The van der Waals surface area contributed by atoms with Gasteiger partial charge in [-0.15, -0.1) is 0 Å². The maximum Gasteiger partial charge on any atom is 0.232 e. The highest BCUT2D eigenvalue weighted by atomic mass is 32.1. The first kappa shape index (κ1) is 14.8. The van der Waals surface area contributed by atoms with Crippen molar-refractivity contribution in [3.63, 3.8) is 0 Å². The minimum Gasteiger partial charge on any atom is -0.454 e. The summed E-state index contributed by atoms with van der Waals surface area (Å²) in [6.45, 7) is 4.34. The molecule has 122 valence electrons. The van der Waals surface area contributed by atoms with Crippen molar-refractivity contribution in [2.75, 3.05) is 12.1 Å². The van der Waals surface area contributed by atoms with Gasteiger partial charge >= 0.3 is 0 Å². The molecule has 6 heteroatoms. The fourth-order valence-electron chi connectivity index (χ4n) is 3.46. The number of aromatic nitrogens is 1. The molecule has 1 aromatic heterocycles. The summed E-state index contributed by atoms with van der Waals surface area (Å²) in [4.78, 5) is 17.2. The molecule has 0 radical (unpaired) electrons. The van der Waals surface area contributed by atoms with Gasteiger partial charge in [0.25, 0.3) is 0 Å². The Morgan fingerprint density at radius 1 is 1.26 bits per heavy atom. The lowest BCUT2D eigenvalue weighted by Gasteiger charge is -2.29. The molecule has 1 aliphatic carbocycles. The number of fused-ring (bicyclic) bond motifs is 2. The van der Waals surface area contributed by atoms with Gasteiger partial charge in [-0.05, 0) is 18.8 Å². The minimum absolute atomic E-state index is 0.0588. The molecule has 0 spiro atoms. The van der Waals surface area contributed by atoms with Crippen LogP contribution in [0.25, 0.3) is 10.2 Å². The highest BCUT2D eigenvalue weighted by molar-refractivity contribution is 7.22. The van der Waals surface area contributed by atoms with E-state index in [4.69, 9.17) is 9.47 Å². The Morgan fingerprint density at radius 3 is 2.70 bits per heavy atom. The normalized spacial score (nSPS) is 17.8. The number of ether oxygens (including phenoxy) is 2. The molecule has 2 heterocycles. The van der Waals surface area contributed by atoms with Crippen LogP contribution in [0.1, 0.15) is 39.5 Å². The Bertz CT molecular complexity index is 722. The average molecular weight is 332 g/mol. The fourth-order valence-corrected chi connectivity index (χ4v) is 4.33. The molecule has 2 aromatic rings. The van der Waals surface area contributed by atoms with Crippen LogP contribution in [0.2, 0.25) is 0 Å². The van der Waals surface area contributed by atoms with Crippen LogP contribution in [0.3, 0.4) is 0 Å². The zero-order chi connectivity index (χ0) is 16.0. The summed E-state index contributed by atoms with van der Waals surface area (Å²) >= 11 is 1.47. The second kappa shape index (κ2) is 5.37. The molecule has 5 nitrogen and oxygen atoms in total. The molecule has 1 amide bonds. The number of nitrogens with zero attached hydrogens (tertiary/aromatic N) is 1. The first-order chi connectivity index (χ1) is 11.0. The molecule has 1 aliphatic heterocycles. The lowest BCUT2D eigenvalue weighted by molar-refractivity contribution is -0.126. The number of carbonyl (C=O) groups excluding carboxylic acids is 1. The van der Waals surface area contributed by atoms with Crippen LogP contribution < -0.4 is 14.8 Å². The Morgan fingerprint density at radius 2 is 1.96 bits per heavy atom. The maximum atomic E-state index is 12.7. The van der Waals surface area contributed by atoms with Crippen molar-refractivity contribution in [1.29, 1.82) is 0 Å². The van der Waals surface area contributed by atoms with Crippen molar-refractivity contribution in [1.82, 2.24) is 4.98 Å². The van der Waals surface area contributed by atoms with Crippen molar-refractivity contribution in [2.24, 2.45) is 11.3 Å². The van der Waals surface area contributed by atoms with Crippen LogP contribution in [0, 0.1) is 11.3 Å². The number of benzene rings is 1. The molecular weight excluding hydrogens is 312 g/mol. The van der Waals surface area contributed by atoms with Crippen molar-refractivity contribution >= 4 is 32.6 Å². The monoisotopic (exact) mass is 332 g/mol. The van der Waals surface area contributed by atoms with Gasteiger partial charge in [0.2, 0.25) is 12.7 Å². The lowest BCUT2D eigenvalue weighted by atomic mass is 9.77. The molecule has 2 aliphatic rings. The highest BCUT2D eigenvalue weighted by Gasteiger charge is 2.38. The molecule has 0 saturated heterocycles. The molecule has 23 heavy (non-hydrogen) atoms. The van der Waals surface area contributed by atoms with Gasteiger partial charge in [-0.2, -0.15) is 0 Å². The van der Waals surface area contributed by atoms with Crippen molar-refractivity contribution < 1.29 is 14.3 Å². The number of thiazole rings is 1. The molecule has 1 fully saturated rings. The number of carbonyl (C=O) groups is 1. The van der Waals surface area contributed by atoms with E-state index in [0.717, 1.165) is 28.8 Å². The summed E-state index contributed by atoms with van der Waals surface area (Å²) in [5, 5.41) is 3.65. The fraction of sp³-hybridized carbons (Fsp3) is 0.529. The minimum atomic E-state index is -0.359. The summed E-state index contributed by atoms with van der Waals surface area (Å²) in [7, 11) is 0. The van der Waals surface area contributed by atoms with E-state index in [1.165, 1.54) is 24.2 Å². The largest absolute Gasteiger partial charge is 0.454 e. The third-order valence-electron chi connectivity index (χ3n) is 5.06. The maximum absolute atomic E-state index is 12.7. The van der Waals surface area contributed by atoms with E-state index in [1.807, 2.05) is 26.0 Å². The number of nitrogens with one attached hydrogen (secondary N) is 1. The van der Waals surface area contributed by atoms with Crippen LogP contribution in [0.4, 0.5) is 5.13 Å². The Balaban J connectivity index is 1.56. The zero-order valence-electron chi connectivity index (χ0n) is 13.3. The molecule has 0 unspecified atom stereocenters. The number of hydrogen-bond donors (Lipinski definition) is 1. The smallest absolute Gasteiger partial charge is 0.232 e. The predicted octanol–water partition coefficient (Wildman–Crippen LogP) is 4.18. The zero-order valence-corrected chi connectivity index (χ0v) is 14.2. The molecule has 0 bridgehead atoms. The van der Waals surface area contributed by atoms with Gasteiger partial charge < -0.3 is 14.8 Å². The van der Waals surface area contributed by atoms with Crippen LogP contribution >= 0.6 is 11.3 Å². The first-order valence-electron chi connectivity index (χ1n) is 8.06. The van der Waals surface area contributed by atoms with E-state index < -0.39 is 0 Å². The van der Waals surface area contributed by atoms with E-state index in [2.05, 4.69) is 10.3 Å². The standard InChI is InChI=1S/C17H20N2O3S/c1-17(2,10-5-3-4-6-10)15(20)19-16-18-11-7-12-13(22-9-21-12)8-14(11)23-16/h7-8,10H,3-6,9H2,1-2H3,(H,18,19,20). The van der Waals surface area contributed by atoms with E-state index in [1.54, 1.807) is 0 Å². The molecule has 0 atom stereocenters. The third kappa shape index (κ3) is 2.55. The molecule has 1 N–H and O–H groups in total. The summed E-state index contributed by atoms with van der Waals surface area (Å²) in [6, 6.07) is 3.79. The highest BCUT2D eigenvalue weighted by Crippen LogP contribution is 2.42. The summed E-state index contributed by atoms with van der Waals surface area (Å²) in [5.74, 6) is 1.98. The lowest BCUT2D eigenvalue weighted by Crippen LogP contribution is -2.36. The topological polar surface area (TPSA) is 60.5 Å². The first-order valence-corrected chi connectivity index (χ1v) is 8.87.